The average Bonchev–Trinajstić information content (AvgIpc) is 2.61. The lowest BCUT2D eigenvalue weighted by molar-refractivity contribution is -0.111. The van der Waals surface area contributed by atoms with Crippen molar-refractivity contribution in [2.45, 2.75) is 19.8 Å². The molecule has 25 heavy (non-hydrogen) atoms. The monoisotopic (exact) mass is 339 g/mol. The quantitative estimate of drug-likeness (QED) is 0.454. The van der Waals surface area contributed by atoms with Crippen molar-refractivity contribution in [2.75, 3.05) is 11.9 Å². The molecule has 0 fully saturated rings. The van der Waals surface area contributed by atoms with Crippen molar-refractivity contribution in [3.05, 3.63) is 65.7 Å². The van der Waals surface area contributed by atoms with Crippen molar-refractivity contribution in [3.8, 4) is 5.75 Å². The first-order valence-electron chi connectivity index (χ1n) is 8.14. The summed E-state index contributed by atoms with van der Waals surface area (Å²) in [6.07, 6.45) is 4.80. The number of benzene rings is 2. The largest absolute Gasteiger partial charge is 0.508 e. The van der Waals surface area contributed by atoms with Crippen LogP contribution in [-0.4, -0.2) is 23.6 Å². The highest BCUT2D eigenvalue weighted by Gasteiger charge is 2.08. The summed E-state index contributed by atoms with van der Waals surface area (Å²) in [4.78, 5) is 23.9. The summed E-state index contributed by atoms with van der Waals surface area (Å²) >= 11 is 0. The van der Waals surface area contributed by atoms with Gasteiger partial charge < -0.3 is 15.2 Å². The molecule has 5 nitrogen and oxygen atoms in total. The molecule has 2 aromatic carbocycles. The number of unbranched alkanes of at least 4 members (excludes halogenated alkanes) is 1. The first-order valence-corrected chi connectivity index (χ1v) is 8.14. The van der Waals surface area contributed by atoms with E-state index in [4.69, 9.17) is 4.74 Å². The van der Waals surface area contributed by atoms with Crippen LogP contribution in [0.25, 0.3) is 6.08 Å². The van der Waals surface area contributed by atoms with Gasteiger partial charge in [0.15, 0.2) is 0 Å². The highest BCUT2D eigenvalue weighted by molar-refractivity contribution is 6.02. The van der Waals surface area contributed by atoms with Gasteiger partial charge in [0.25, 0.3) is 0 Å². The van der Waals surface area contributed by atoms with Crippen LogP contribution in [0.4, 0.5) is 5.69 Å². The molecule has 0 radical (unpaired) electrons. The van der Waals surface area contributed by atoms with Crippen LogP contribution in [0, 0.1) is 0 Å². The predicted octanol–water partition coefficient (Wildman–Crippen LogP) is 4.00. The van der Waals surface area contributed by atoms with Gasteiger partial charge in [0.2, 0.25) is 5.91 Å². The van der Waals surface area contributed by atoms with E-state index >= 15 is 0 Å². The van der Waals surface area contributed by atoms with Crippen LogP contribution in [0.3, 0.4) is 0 Å². The smallest absolute Gasteiger partial charge is 0.338 e. The first-order chi connectivity index (χ1) is 12.1. The van der Waals surface area contributed by atoms with Crippen molar-refractivity contribution in [2.24, 2.45) is 0 Å². The zero-order valence-corrected chi connectivity index (χ0v) is 14.1. The topological polar surface area (TPSA) is 75.6 Å². The molecule has 0 heterocycles. The first kappa shape index (κ1) is 18.3. The maximum atomic E-state index is 12.0. The number of anilines is 1. The van der Waals surface area contributed by atoms with Crippen LogP contribution >= 0.6 is 0 Å². The predicted molar refractivity (Wildman–Crippen MR) is 97.4 cm³/mol. The minimum absolute atomic E-state index is 0.171. The third kappa shape index (κ3) is 6.14. The molecule has 5 heteroatoms. The number of amides is 1. The van der Waals surface area contributed by atoms with E-state index in [1.807, 2.05) is 6.92 Å². The maximum absolute atomic E-state index is 12.0. The average molecular weight is 339 g/mol. The molecular formula is C20H21NO4. The molecule has 2 aromatic rings. The molecule has 0 unspecified atom stereocenters. The number of hydrogen-bond donors (Lipinski definition) is 2. The Bertz CT molecular complexity index is 751. The molecule has 0 aliphatic carbocycles. The molecule has 0 saturated carbocycles. The number of phenolic OH excluding ortho intramolecular Hbond substituents is 1. The number of nitrogens with one attached hydrogen (secondary N) is 1. The lowest BCUT2D eigenvalue weighted by Crippen LogP contribution is -2.10. The number of hydrogen-bond acceptors (Lipinski definition) is 4. The van der Waals surface area contributed by atoms with Gasteiger partial charge in [0, 0.05) is 11.8 Å². The number of aromatic hydroxyl groups is 1. The van der Waals surface area contributed by atoms with E-state index in [9.17, 15) is 14.7 Å². The van der Waals surface area contributed by atoms with E-state index in [2.05, 4.69) is 5.32 Å². The lowest BCUT2D eigenvalue weighted by atomic mass is 10.2. The molecule has 0 atom stereocenters. The number of carbonyl (C=O) groups is 2. The molecule has 0 bridgehead atoms. The van der Waals surface area contributed by atoms with E-state index < -0.39 is 5.97 Å². The SMILES string of the molecule is CCCCOC(=O)c1cccc(NC(=O)/C=C/c2ccc(O)cc2)c1. The Kier molecular flexibility index (Phi) is 6.77. The molecule has 130 valence electrons. The van der Waals surface area contributed by atoms with Crippen LogP contribution in [0.1, 0.15) is 35.7 Å². The molecule has 2 N–H and O–H groups in total. The number of carbonyl (C=O) groups excluding carboxylic acids is 2. The zero-order valence-electron chi connectivity index (χ0n) is 14.1. The Labute approximate surface area is 146 Å². The zero-order chi connectivity index (χ0) is 18.1. The van der Waals surface area contributed by atoms with E-state index in [0.29, 0.717) is 17.9 Å². The normalized spacial score (nSPS) is 10.6. The van der Waals surface area contributed by atoms with Crippen molar-refractivity contribution >= 4 is 23.6 Å². The molecule has 0 aliphatic rings. The van der Waals surface area contributed by atoms with Gasteiger partial charge in [-0.15, -0.1) is 0 Å². The van der Waals surface area contributed by atoms with Crippen molar-refractivity contribution in [1.29, 1.82) is 0 Å². The van der Waals surface area contributed by atoms with Gasteiger partial charge in [0.05, 0.1) is 12.2 Å². The van der Waals surface area contributed by atoms with E-state index in [1.165, 1.54) is 6.08 Å². The van der Waals surface area contributed by atoms with Crippen molar-refractivity contribution in [1.82, 2.24) is 0 Å². The standard InChI is InChI=1S/C20H21NO4/c1-2-3-13-25-20(24)16-5-4-6-17(14-16)21-19(23)12-9-15-7-10-18(22)11-8-15/h4-12,14,22H,2-3,13H2,1H3,(H,21,23)/b12-9+. The van der Waals surface area contributed by atoms with Gasteiger partial charge in [-0.25, -0.2) is 4.79 Å². The van der Waals surface area contributed by atoms with Gasteiger partial charge in [-0.2, -0.15) is 0 Å². The minimum atomic E-state index is -0.399. The summed E-state index contributed by atoms with van der Waals surface area (Å²) in [7, 11) is 0. The fraction of sp³-hybridized carbons (Fsp3) is 0.200. The molecule has 0 aliphatic heterocycles. The number of ether oxygens (including phenoxy) is 1. The van der Waals surface area contributed by atoms with E-state index in [0.717, 1.165) is 18.4 Å². The third-order valence-corrected chi connectivity index (χ3v) is 3.42. The fourth-order valence-corrected chi connectivity index (χ4v) is 2.06. The van der Waals surface area contributed by atoms with Gasteiger partial charge in [-0.1, -0.05) is 31.5 Å². The Morgan fingerprint density at radius 2 is 1.92 bits per heavy atom. The third-order valence-electron chi connectivity index (χ3n) is 3.42. The fourth-order valence-electron chi connectivity index (χ4n) is 2.06. The second-order valence-electron chi connectivity index (χ2n) is 5.48. The summed E-state index contributed by atoms with van der Waals surface area (Å²) in [6.45, 7) is 2.41. The summed E-state index contributed by atoms with van der Waals surface area (Å²) in [6, 6.07) is 13.1. The highest BCUT2D eigenvalue weighted by Crippen LogP contribution is 2.13. The summed E-state index contributed by atoms with van der Waals surface area (Å²) in [5, 5.41) is 11.9. The number of esters is 1. The molecule has 0 aromatic heterocycles. The van der Waals surface area contributed by atoms with Crippen LogP contribution in [0.5, 0.6) is 5.75 Å². The second-order valence-corrected chi connectivity index (χ2v) is 5.48. The van der Waals surface area contributed by atoms with E-state index in [1.54, 1.807) is 54.6 Å². The van der Waals surface area contributed by atoms with Crippen LogP contribution in [-0.2, 0) is 9.53 Å². The van der Waals surface area contributed by atoms with Crippen molar-refractivity contribution < 1.29 is 19.4 Å². The summed E-state index contributed by atoms with van der Waals surface area (Å²) in [5.74, 6) is -0.544. The lowest BCUT2D eigenvalue weighted by Gasteiger charge is -2.06. The molecule has 1 amide bonds. The van der Waals surface area contributed by atoms with Gasteiger partial charge in [-0.05, 0) is 48.4 Å². The molecule has 0 spiro atoms. The Morgan fingerprint density at radius 1 is 1.16 bits per heavy atom. The summed E-state index contributed by atoms with van der Waals surface area (Å²) < 4.78 is 5.16. The summed E-state index contributed by atoms with van der Waals surface area (Å²) in [5.41, 5.74) is 1.71. The van der Waals surface area contributed by atoms with Gasteiger partial charge >= 0.3 is 5.97 Å². The Morgan fingerprint density at radius 3 is 2.64 bits per heavy atom. The molecule has 2 rings (SSSR count). The molecule has 0 saturated heterocycles. The van der Waals surface area contributed by atoms with E-state index in [-0.39, 0.29) is 11.7 Å². The molecular weight excluding hydrogens is 318 g/mol. The van der Waals surface area contributed by atoms with Gasteiger partial charge in [0.1, 0.15) is 5.75 Å². The maximum Gasteiger partial charge on any atom is 0.338 e. The minimum Gasteiger partial charge on any atom is -0.508 e. The van der Waals surface area contributed by atoms with Crippen molar-refractivity contribution in [3.63, 3.8) is 0 Å². The number of rotatable bonds is 7. The Hall–Kier alpha value is -3.08. The van der Waals surface area contributed by atoms with Gasteiger partial charge in [-0.3, -0.25) is 4.79 Å². The van der Waals surface area contributed by atoms with Crippen LogP contribution in [0.2, 0.25) is 0 Å². The second kappa shape index (κ2) is 9.27. The van der Waals surface area contributed by atoms with Crippen LogP contribution < -0.4 is 5.32 Å². The van der Waals surface area contributed by atoms with Crippen LogP contribution in [0.15, 0.2) is 54.6 Å². The highest BCUT2D eigenvalue weighted by atomic mass is 16.5. The number of phenols is 1. The Balaban J connectivity index is 1.95.